The molecule has 2 aliphatic rings. The Morgan fingerprint density at radius 3 is 2.83 bits per heavy atom. The fourth-order valence-corrected chi connectivity index (χ4v) is 3.42. The van der Waals surface area contributed by atoms with Crippen LogP contribution in [0.15, 0.2) is 34.9 Å². The molecule has 0 saturated heterocycles. The molecule has 1 aliphatic carbocycles. The molecule has 132 valence electrons. The van der Waals surface area contributed by atoms with E-state index in [1.807, 2.05) is 12.2 Å². The lowest BCUT2D eigenvalue weighted by molar-refractivity contribution is -0.149. The Kier molecular flexibility index (Phi) is 7.77. The highest BCUT2D eigenvalue weighted by molar-refractivity contribution is 6.46. The monoisotopic (exact) mass is 350 g/mol. The molecule has 0 aromatic carbocycles. The minimum Gasteiger partial charge on any atom is -0.462 e. The lowest BCUT2D eigenvalue weighted by Crippen LogP contribution is -2.18. The molecule has 0 fully saturated rings. The lowest BCUT2D eigenvalue weighted by atomic mass is 9.95. The van der Waals surface area contributed by atoms with Crippen molar-refractivity contribution in [2.45, 2.75) is 70.8 Å². The van der Waals surface area contributed by atoms with Crippen molar-refractivity contribution in [1.29, 1.82) is 0 Å². The van der Waals surface area contributed by atoms with Crippen molar-refractivity contribution in [2.24, 2.45) is 5.92 Å². The second-order valence-electron chi connectivity index (χ2n) is 6.55. The third-order valence-electron chi connectivity index (χ3n) is 4.56. The second-order valence-corrected chi connectivity index (χ2v) is 6.96. The van der Waals surface area contributed by atoms with Crippen molar-refractivity contribution < 1.29 is 14.3 Å². The number of carbonyl (C=O) groups is 2. The summed E-state index contributed by atoms with van der Waals surface area (Å²) in [6.07, 6.45) is 15.4. The molecule has 0 radical (unpaired) electrons. The summed E-state index contributed by atoms with van der Waals surface area (Å²) in [5.41, 5.74) is 0.750. The average molecular weight is 351 g/mol. The number of cyclic esters (lactones) is 1. The second kappa shape index (κ2) is 9.83. The third kappa shape index (κ3) is 5.62. The van der Waals surface area contributed by atoms with Crippen LogP contribution in [0.2, 0.25) is 0 Å². The van der Waals surface area contributed by atoms with Crippen molar-refractivity contribution in [2.75, 3.05) is 0 Å². The number of carbonyl (C=O) groups excluding carboxylic acids is 2. The summed E-state index contributed by atoms with van der Waals surface area (Å²) in [5.74, 6) is -0.162. The van der Waals surface area contributed by atoms with Crippen molar-refractivity contribution in [3.05, 3.63) is 34.9 Å². The van der Waals surface area contributed by atoms with Crippen LogP contribution in [-0.4, -0.2) is 17.9 Å². The molecule has 2 atom stereocenters. The van der Waals surface area contributed by atoms with Gasteiger partial charge in [0.05, 0.1) is 5.03 Å². The molecule has 0 spiro atoms. The number of unbranched alkanes of at least 4 members (excludes halogenated alkanes) is 2. The van der Waals surface area contributed by atoms with E-state index in [9.17, 15) is 9.59 Å². The Morgan fingerprint density at radius 2 is 2.04 bits per heavy atom. The fourth-order valence-electron chi connectivity index (χ4n) is 3.16. The number of esters is 1. The molecular weight excluding hydrogens is 324 g/mol. The molecule has 4 heteroatoms. The molecule has 24 heavy (non-hydrogen) atoms. The van der Waals surface area contributed by atoms with Crippen molar-refractivity contribution >= 4 is 23.4 Å². The Labute approximate surface area is 149 Å². The van der Waals surface area contributed by atoms with Crippen LogP contribution in [0, 0.1) is 5.92 Å². The molecule has 3 nitrogen and oxygen atoms in total. The molecule has 1 heterocycles. The van der Waals surface area contributed by atoms with Gasteiger partial charge in [0.25, 0.3) is 0 Å². The van der Waals surface area contributed by atoms with E-state index in [4.69, 9.17) is 16.3 Å². The van der Waals surface area contributed by atoms with E-state index >= 15 is 0 Å². The molecule has 2 rings (SSSR count). The minimum absolute atomic E-state index is 0.0500. The molecule has 0 aromatic rings. The summed E-state index contributed by atoms with van der Waals surface area (Å²) in [6, 6.07) is 0. The molecule has 0 bridgehead atoms. The van der Waals surface area contributed by atoms with E-state index < -0.39 is 0 Å². The number of ketones is 1. The van der Waals surface area contributed by atoms with Crippen LogP contribution in [0.3, 0.4) is 0 Å². The number of rotatable bonds is 4. The third-order valence-corrected chi connectivity index (χ3v) is 4.86. The first-order valence-corrected chi connectivity index (χ1v) is 9.46. The molecule has 0 amide bonds. The molecule has 0 saturated carbocycles. The van der Waals surface area contributed by atoms with Crippen LogP contribution in [0.25, 0.3) is 0 Å². The fraction of sp³-hybridized carbons (Fsp3) is 0.600. The number of halogens is 1. The van der Waals surface area contributed by atoms with E-state index in [-0.39, 0.29) is 23.8 Å². The number of Topliss-reactive ketones (excluding diaryl/α,β-unsaturated/α-hetero) is 1. The first-order valence-electron chi connectivity index (χ1n) is 9.08. The number of hydrogen-bond donors (Lipinski definition) is 0. The van der Waals surface area contributed by atoms with Gasteiger partial charge in [-0.1, -0.05) is 55.7 Å². The van der Waals surface area contributed by atoms with Crippen LogP contribution in [0.1, 0.15) is 64.7 Å². The van der Waals surface area contributed by atoms with E-state index in [1.54, 1.807) is 0 Å². The lowest BCUT2D eigenvalue weighted by Gasteiger charge is -2.17. The zero-order chi connectivity index (χ0) is 17.4. The maximum absolute atomic E-state index is 12.3. The largest absolute Gasteiger partial charge is 0.462 e. The van der Waals surface area contributed by atoms with Crippen molar-refractivity contribution in [3.63, 3.8) is 0 Å². The SMILES string of the molecule is CCCCC[C@H]1C/C=C2/C(=O)C(Cl)=C[C@@H]2C/C=C\CCCC(=O)O1. The number of allylic oxidation sites excluding steroid dienone is 5. The summed E-state index contributed by atoms with van der Waals surface area (Å²) in [4.78, 5) is 24.3. The Balaban J connectivity index is 2.12. The zero-order valence-corrected chi connectivity index (χ0v) is 15.2. The van der Waals surface area contributed by atoms with Gasteiger partial charge in [-0.3, -0.25) is 9.59 Å². The van der Waals surface area contributed by atoms with Gasteiger partial charge in [-0.05, 0) is 32.1 Å². The van der Waals surface area contributed by atoms with Gasteiger partial charge in [0.15, 0.2) is 5.78 Å². The molecule has 0 unspecified atom stereocenters. The number of fused-ring (bicyclic) bond motifs is 1. The predicted molar refractivity (Wildman–Crippen MR) is 96.8 cm³/mol. The predicted octanol–water partition coefficient (Wildman–Crippen LogP) is 5.25. The standard InChI is InChI=1S/C20H27ClO3/c1-2-3-6-10-16-12-13-17-15(14-18(21)20(17)23)9-7-4-5-8-11-19(22)24-16/h4,7,13-16H,2-3,5-6,8-12H2,1H3/b7-4-,17-13+/t15-,16-/m0/s1. The van der Waals surface area contributed by atoms with Crippen molar-refractivity contribution in [3.8, 4) is 0 Å². The van der Waals surface area contributed by atoms with Crippen LogP contribution in [0.5, 0.6) is 0 Å². The van der Waals surface area contributed by atoms with Gasteiger partial charge < -0.3 is 4.74 Å². The highest BCUT2D eigenvalue weighted by Crippen LogP contribution is 2.32. The molecule has 1 aliphatic heterocycles. The number of ether oxygens (including phenoxy) is 1. The van der Waals surface area contributed by atoms with E-state index in [2.05, 4.69) is 19.1 Å². The highest BCUT2D eigenvalue weighted by Gasteiger charge is 2.28. The quantitative estimate of drug-likeness (QED) is 0.395. The van der Waals surface area contributed by atoms with E-state index in [0.717, 1.165) is 50.5 Å². The summed E-state index contributed by atoms with van der Waals surface area (Å²) < 4.78 is 5.65. The first-order chi connectivity index (χ1) is 11.6. The van der Waals surface area contributed by atoms with Crippen LogP contribution >= 0.6 is 11.6 Å². The minimum atomic E-state index is -0.141. The van der Waals surface area contributed by atoms with Gasteiger partial charge in [0.2, 0.25) is 0 Å². The van der Waals surface area contributed by atoms with Crippen LogP contribution in [-0.2, 0) is 14.3 Å². The Bertz CT molecular complexity index is 545. The van der Waals surface area contributed by atoms with Gasteiger partial charge in [-0.25, -0.2) is 0 Å². The maximum Gasteiger partial charge on any atom is 0.306 e. The van der Waals surface area contributed by atoms with Crippen LogP contribution < -0.4 is 0 Å². The normalized spacial score (nSPS) is 29.2. The van der Waals surface area contributed by atoms with Crippen molar-refractivity contribution in [1.82, 2.24) is 0 Å². The van der Waals surface area contributed by atoms with Gasteiger partial charge in [0.1, 0.15) is 6.10 Å². The van der Waals surface area contributed by atoms with Gasteiger partial charge >= 0.3 is 5.97 Å². The molecule has 0 N–H and O–H groups in total. The maximum atomic E-state index is 12.3. The highest BCUT2D eigenvalue weighted by atomic mass is 35.5. The summed E-state index contributed by atoms with van der Waals surface area (Å²) >= 11 is 6.04. The molecular formula is C20H27ClO3. The Hall–Kier alpha value is -1.35. The smallest absolute Gasteiger partial charge is 0.306 e. The average Bonchev–Trinajstić information content (AvgIpc) is 2.82. The molecule has 0 aromatic heterocycles. The van der Waals surface area contributed by atoms with E-state index in [0.29, 0.717) is 17.9 Å². The summed E-state index contributed by atoms with van der Waals surface area (Å²) in [6.45, 7) is 2.15. The van der Waals surface area contributed by atoms with Crippen LogP contribution in [0.4, 0.5) is 0 Å². The topological polar surface area (TPSA) is 43.4 Å². The zero-order valence-electron chi connectivity index (χ0n) is 14.4. The Morgan fingerprint density at radius 1 is 1.21 bits per heavy atom. The summed E-state index contributed by atoms with van der Waals surface area (Å²) in [7, 11) is 0. The van der Waals surface area contributed by atoms with Gasteiger partial charge in [-0.2, -0.15) is 0 Å². The van der Waals surface area contributed by atoms with E-state index in [1.165, 1.54) is 0 Å². The van der Waals surface area contributed by atoms with Gasteiger partial charge in [-0.15, -0.1) is 0 Å². The number of hydrogen-bond acceptors (Lipinski definition) is 3. The first kappa shape index (κ1) is 19.0. The van der Waals surface area contributed by atoms with Gasteiger partial charge in [0, 0.05) is 24.3 Å². The summed E-state index contributed by atoms with van der Waals surface area (Å²) in [5, 5.41) is 0.311.